The van der Waals surface area contributed by atoms with Crippen LogP contribution in [0, 0.1) is 6.39 Å². The summed E-state index contributed by atoms with van der Waals surface area (Å²) in [6.07, 6.45) is 5.66. The van der Waals surface area contributed by atoms with Crippen LogP contribution in [0.3, 0.4) is 0 Å². The second-order valence-electron chi connectivity index (χ2n) is 2.03. The molecule has 0 spiro atoms. The smallest absolute Gasteiger partial charge is 0.572 e. The van der Waals surface area contributed by atoms with Crippen molar-refractivity contribution in [2.45, 2.75) is 0 Å². The molecule has 54 valence electrons. The Morgan fingerprint density at radius 2 is 2.25 bits per heavy atom. The molecular formula is C8H5LiN2O. The predicted molar refractivity (Wildman–Crippen MR) is 38.6 cm³/mol. The van der Waals surface area contributed by atoms with Gasteiger partial charge in [-0.1, -0.05) is 12.3 Å². The molecule has 0 aliphatic carbocycles. The Morgan fingerprint density at radius 3 is 2.83 bits per heavy atom. The van der Waals surface area contributed by atoms with Crippen LogP contribution in [0.15, 0.2) is 35.0 Å². The Balaban J connectivity index is 0.000000720. The molecular weight excluding hydrogens is 147 g/mol. The van der Waals surface area contributed by atoms with Crippen molar-refractivity contribution in [3.63, 3.8) is 0 Å². The Labute approximate surface area is 82.0 Å². The molecule has 0 N–H and O–H groups in total. The summed E-state index contributed by atoms with van der Waals surface area (Å²) in [4.78, 5) is 7.73. The summed E-state index contributed by atoms with van der Waals surface area (Å²) >= 11 is 0. The SMILES string of the molecule is [Li+].[c-]1ncc(-c2ccccn2)o1. The van der Waals surface area contributed by atoms with E-state index in [-0.39, 0.29) is 18.9 Å². The first-order valence-corrected chi connectivity index (χ1v) is 3.20. The Bertz CT molecular complexity index is 320. The van der Waals surface area contributed by atoms with Crippen LogP contribution in [0.1, 0.15) is 0 Å². The molecule has 0 saturated carbocycles. The fraction of sp³-hybridized carbons (Fsp3) is 0. The third-order valence-corrected chi connectivity index (χ3v) is 1.31. The molecule has 2 aromatic rings. The van der Waals surface area contributed by atoms with Crippen molar-refractivity contribution in [3.05, 3.63) is 37.0 Å². The minimum atomic E-state index is 0. The van der Waals surface area contributed by atoms with E-state index in [1.165, 1.54) is 0 Å². The monoisotopic (exact) mass is 152 g/mol. The molecule has 0 bridgehead atoms. The van der Waals surface area contributed by atoms with E-state index >= 15 is 0 Å². The van der Waals surface area contributed by atoms with Crippen molar-refractivity contribution in [1.82, 2.24) is 9.97 Å². The molecule has 3 nitrogen and oxygen atoms in total. The van der Waals surface area contributed by atoms with Gasteiger partial charge in [-0.05, 0) is 12.1 Å². The van der Waals surface area contributed by atoms with Crippen LogP contribution in [0.2, 0.25) is 0 Å². The summed E-state index contributed by atoms with van der Waals surface area (Å²) < 4.78 is 4.92. The average Bonchev–Trinajstić information content (AvgIpc) is 2.58. The summed E-state index contributed by atoms with van der Waals surface area (Å²) in [5, 5.41) is 0. The van der Waals surface area contributed by atoms with Gasteiger partial charge in [-0.3, -0.25) is 4.98 Å². The van der Waals surface area contributed by atoms with Crippen LogP contribution >= 0.6 is 0 Å². The molecule has 0 radical (unpaired) electrons. The Hall–Kier alpha value is -1.04. The van der Waals surface area contributed by atoms with Gasteiger partial charge < -0.3 is 9.40 Å². The van der Waals surface area contributed by atoms with Gasteiger partial charge in [-0.2, -0.15) is 0 Å². The molecule has 0 atom stereocenters. The van der Waals surface area contributed by atoms with Gasteiger partial charge in [0.15, 0.2) is 0 Å². The van der Waals surface area contributed by atoms with Gasteiger partial charge >= 0.3 is 18.9 Å². The zero-order chi connectivity index (χ0) is 7.52. The average molecular weight is 152 g/mol. The summed E-state index contributed by atoms with van der Waals surface area (Å²) in [6.45, 7) is 0. The molecule has 0 fully saturated rings. The quantitative estimate of drug-likeness (QED) is 0.370. The van der Waals surface area contributed by atoms with Crippen LogP contribution in [0.4, 0.5) is 0 Å². The van der Waals surface area contributed by atoms with Gasteiger partial charge in [0.05, 0.1) is 0 Å². The van der Waals surface area contributed by atoms with Gasteiger partial charge in [0.2, 0.25) is 0 Å². The maximum Gasteiger partial charge on any atom is 1.00 e. The summed E-state index contributed by atoms with van der Waals surface area (Å²) in [5.74, 6) is 0.644. The summed E-state index contributed by atoms with van der Waals surface area (Å²) in [6, 6.07) is 5.60. The van der Waals surface area contributed by atoms with E-state index in [1.54, 1.807) is 12.4 Å². The van der Waals surface area contributed by atoms with Crippen molar-refractivity contribution in [2.75, 3.05) is 0 Å². The molecule has 0 saturated heterocycles. The van der Waals surface area contributed by atoms with E-state index < -0.39 is 0 Å². The van der Waals surface area contributed by atoms with Crippen LogP contribution in [-0.4, -0.2) is 9.97 Å². The zero-order valence-corrected chi connectivity index (χ0v) is 6.69. The number of hydrogen-bond acceptors (Lipinski definition) is 3. The number of rotatable bonds is 1. The maximum absolute atomic E-state index is 4.92. The molecule has 0 unspecified atom stereocenters. The molecule has 0 aromatic carbocycles. The molecule has 12 heavy (non-hydrogen) atoms. The van der Waals surface area contributed by atoms with E-state index in [9.17, 15) is 0 Å². The van der Waals surface area contributed by atoms with Gasteiger partial charge in [0.25, 0.3) is 0 Å². The zero-order valence-electron chi connectivity index (χ0n) is 6.69. The van der Waals surface area contributed by atoms with Crippen molar-refractivity contribution in [2.24, 2.45) is 0 Å². The Morgan fingerprint density at radius 1 is 1.33 bits per heavy atom. The summed E-state index contributed by atoms with van der Waals surface area (Å²) in [5.41, 5.74) is 0.779. The van der Waals surface area contributed by atoms with Crippen LogP contribution in [0.5, 0.6) is 0 Å². The fourth-order valence-electron chi connectivity index (χ4n) is 0.814. The largest absolute Gasteiger partial charge is 1.00 e. The summed E-state index contributed by atoms with van der Waals surface area (Å²) in [7, 11) is 0. The molecule has 0 aliphatic rings. The number of hydrogen-bond donors (Lipinski definition) is 0. The molecule has 4 heteroatoms. The molecule has 2 rings (SSSR count). The number of aromatic nitrogens is 2. The second kappa shape index (κ2) is 4.10. The van der Waals surface area contributed by atoms with Crippen molar-refractivity contribution >= 4 is 0 Å². The molecule has 0 aliphatic heterocycles. The van der Waals surface area contributed by atoms with Gasteiger partial charge in [-0.25, -0.2) is 0 Å². The van der Waals surface area contributed by atoms with Crippen molar-refractivity contribution < 1.29 is 23.3 Å². The van der Waals surface area contributed by atoms with Crippen LogP contribution in [0.25, 0.3) is 11.5 Å². The third kappa shape index (κ3) is 1.76. The van der Waals surface area contributed by atoms with Crippen LogP contribution < -0.4 is 18.9 Å². The first-order chi connectivity index (χ1) is 5.47. The standard InChI is InChI=1S/C8H5N2O.Li/c1-2-4-10-7(3-1)8-5-9-6-11-8;/h1-5H;/q-1;+1. The van der Waals surface area contributed by atoms with Gasteiger partial charge in [0, 0.05) is 17.7 Å². The normalized spacial score (nSPS) is 9.00. The predicted octanol–water partition coefficient (Wildman–Crippen LogP) is -1.46. The van der Waals surface area contributed by atoms with E-state index in [2.05, 4.69) is 16.4 Å². The van der Waals surface area contributed by atoms with Crippen molar-refractivity contribution in [3.8, 4) is 11.5 Å². The van der Waals surface area contributed by atoms with Crippen LogP contribution in [-0.2, 0) is 0 Å². The number of nitrogens with zero attached hydrogens (tertiary/aromatic N) is 2. The minimum absolute atomic E-state index is 0. The van der Waals surface area contributed by atoms with Gasteiger partial charge in [-0.15, -0.1) is 0 Å². The molecule has 2 heterocycles. The van der Waals surface area contributed by atoms with E-state index in [4.69, 9.17) is 4.42 Å². The molecule has 0 amide bonds. The van der Waals surface area contributed by atoms with Crippen molar-refractivity contribution in [1.29, 1.82) is 0 Å². The van der Waals surface area contributed by atoms with E-state index in [1.807, 2.05) is 18.2 Å². The number of oxazole rings is 1. The second-order valence-corrected chi connectivity index (χ2v) is 2.03. The molecule has 2 aromatic heterocycles. The van der Waals surface area contributed by atoms with E-state index in [0.717, 1.165) is 5.69 Å². The Kier molecular flexibility index (Phi) is 3.09. The third-order valence-electron chi connectivity index (χ3n) is 1.31. The minimum Gasteiger partial charge on any atom is -0.572 e. The topological polar surface area (TPSA) is 38.9 Å². The maximum atomic E-state index is 4.92. The first kappa shape index (κ1) is 9.05. The van der Waals surface area contributed by atoms with E-state index in [0.29, 0.717) is 5.76 Å². The number of pyridine rings is 1. The first-order valence-electron chi connectivity index (χ1n) is 3.20. The van der Waals surface area contributed by atoms with Gasteiger partial charge in [0.1, 0.15) is 6.39 Å². The fourth-order valence-corrected chi connectivity index (χ4v) is 0.814.